The molecule has 0 aliphatic heterocycles. The maximum Gasteiger partial charge on any atom is 0.209 e. The third-order valence-electron chi connectivity index (χ3n) is 4.14. The Morgan fingerprint density at radius 1 is 1.09 bits per heavy atom. The Kier molecular flexibility index (Phi) is 4.11. The molecule has 0 aliphatic rings. The maximum atomic E-state index is 12.8. The van der Waals surface area contributed by atoms with Gasteiger partial charge in [-0.3, -0.25) is 9.78 Å². The predicted octanol–water partition coefficient (Wildman–Crippen LogP) is 3.86. The van der Waals surface area contributed by atoms with E-state index in [0.29, 0.717) is 0 Å². The number of hydrogen-bond acceptors (Lipinski definition) is 2. The van der Waals surface area contributed by atoms with E-state index in [9.17, 15) is 4.79 Å². The van der Waals surface area contributed by atoms with Crippen LogP contribution in [0.2, 0.25) is 0 Å². The van der Waals surface area contributed by atoms with Crippen LogP contribution in [0, 0.1) is 13.8 Å². The molecule has 3 aromatic rings. The molecule has 0 aliphatic carbocycles. The summed E-state index contributed by atoms with van der Waals surface area (Å²) in [5, 5.41) is 0. The fourth-order valence-electron chi connectivity index (χ4n) is 2.85. The predicted molar refractivity (Wildman–Crippen MR) is 91.8 cm³/mol. The number of carbonyl (C=O) groups is 1. The van der Waals surface area contributed by atoms with E-state index in [1.54, 1.807) is 6.20 Å². The minimum atomic E-state index is 0.0669. The minimum Gasteiger partial charge on any atom is -0.344 e. The number of hydrogen-bond donors (Lipinski definition) is 0. The lowest BCUT2D eigenvalue weighted by molar-refractivity contribution is 0.103. The summed E-state index contributed by atoms with van der Waals surface area (Å²) in [6.07, 6.45) is 2.52. The molecule has 3 nitrogen and oxygen atoms in total. The summed E-state index contributed by atoms with van der Waals surface area (Å²) in [7, 11) is 1.95. The lowest BCUT2D eigenvalue weighted by Crippen LogP contribution is -2.11. The molecule has 0 bridgehead atoms. The first-order valence-corrected chi connectivity index (χ1v) is 7.72. The third kappa shape index (κ3) is 3.09. The molecule has 0 saturated carbocycles. The topological polar surface area (TPSA) is 34.9 Å². The van der Waals surface area contributed by atoms with E-state index >= 15 is 0 Å². The van der Waals surface area contributed by atoms with Crippen LogP contribution < -0.4 is 0 Å². The number of ketones is 1. The number of benzene rings is 1. The van der Waals surface area contributed by atoms with Gasteiger partial charge < -0.3 is 4.57 Å². The molecule has 0 saturated heterocycles. The quantitative estimate of drug-likeness (QED) is 0.686. The molecule has 2 aromatic heterocycles. The van der Waals surface area contributed by atoms with Crippen LogP contribution in [0.5, 0.6) is 0 Å². The van der Waals surface area contributed by atoms with Crippen LogP contribution >= 0.6 is 0 Å². The third-order valence-corrected chi connectivity index (χ3v) is 4.14. The van der Waals surface area contributed by atoms with Crippen LogP contribution in [0.25, 0.3) is 0 Å². The van der Waals surface area contributed by atoms with Crippen molar-refractivity contribution in [3.63, 3.8) is 0 Å². The van der Waals surface area contributed by atoms with Crippen molar-refractivity contribution in [3.05, 3.63) is 88.5 Å². The summed E-state index contributed by atoms with van der Waals surface area (Å²) in [6, 6.07) is 15.7. The Hall–Kier alpha value is -2.68. The zero-order chi connectivity index (χ0) is 16.4. The second kappa shape index (κ2) is 6.21. The fourth-order valence-corrected chi connectivity index (χ4v) is 2.85. The van der Waals surface area contributed by atoms with E-state index < -0.39 is 0 Å². The highest BCUT2D eigenvalue weighted by molar-refractivity contribution is 6.09. The van der Waals surface area contributed by atoms with Gasteiger partial charge in [0.2, 0.25) is 5.78 Å². The minimum absolute atomic E-state index is 0.0669. The Morgan fingerprint density at radius 2 is 1.83 bits per heavy atom. The van der Waals surface area contributed by atoms with Gasteiger partial charge in [-0.2, -0.15) is 0 Å². The van der Waals surface area contributed by atoms with Crippen molar-refractivity contribution >= 4 is 5.78 Å². The number of aromatic nitrogens is 2. The molecule has 3 rings (SSSR count). The zero-order valence-corrected chi connectivity index (χ0v) is 13.7. The largest absolute Gasteiger partial charge is 0.344 e. The van der Waals surface area contributed by atoms with Gasteiger partial charge in [0.15, 0.2) is 0 Å². The lowest BCUT2D eigenvalue weighted by Gasteiger charge is -2.08. The first kappa shape index (κ1) is 15.2. The standard InChI is InChI=1S/C20H20N2O/c1-14-7-9-16(10-8-14)20(23)19-15(2)12-18(22(19)3)13-17-6-4-5-11-21-17/h4-12H,13H2,1-3H3. The molecule has 0 radical (unpaired) electrons. The Balaban J connectivity index is 1.94. The molecular weight excluding hydrogens is 284 g/mol. The molecular formula is C20H20N2O. The van der Waals surface area contributed by atoms with Gasteiger partial charge in [0.25, 0.3) is 0 Å². The van der Waals surface area contributed by atoms with Gasteiger partial charge in [-0.05, 0) is 37.6 Å². The van der Waals surface area contributed by atoms with Crippen molar-refractivity contribution in [2.75, 3.05) is 0 Å². The van der Waals surface area contributed by atoms with E-state index in [1.165, 1.54) is 0 Å². The van der Waals surface area contributed by atoms with Gasteiger partial charge in [0.05, 0.1) is 5.69 Å². The summed E-state index contributed by atoms with van der Waals surface area (Å²) in [5.74, 6) is 0.0669. The molecule has 0 amide bonds. The van der Waals surface area contributed by atoms with Crippen LogP contribution in [0.15, 0.2) is 54.7 Å². The summed E-state index contributed by atoms with van der Waals surface area (Å²) in [4.78, 5) is 17.2. The molecule has 1 aromatic carbocycles. The van der Waals surface area contributed by atoms with Crippen LogP contribution in [-0.2, 0) is 13.5 Å². The van der Waals surface area contributed by atoms with Gasteiger partial charge in [-0.25, -0.2) is 0 Å². The molecule has 0 N–H and O–H groups in total. The zero-order valence-electron chi connectivity index (χ0n) is 13.7. The summed E-state index contributed by atoms with van der Waals surface area (Å²) in [5.41, 5.74) is 5.73. The molecule has 2 heterocycles. The fraction of sp³-hybridized carbons (Fsp3) is 0.200. The Labute approximate surface area is 136 Å². The highest BCUT2D eigenvalue weighted by atomic mass is 16.1. The van der Waals surface area contributed by atoms with Gasteiger partial charge >= 0.3 is 0 Å². The lowest BCUT2D eigenvalue weighted by atomic mass is 10.0. The number of rotatable bonds is 4. The summed E-state index contributed by atoms with van der Waals surface area (Å²) < 4.78 is 1.99. The van der Waals surface area contributed by atoms with E-state index in [1.807, 2.05) is 67.9 Å². The smallest absolute Gasteiger partial charge is 0.209 e. The Bertz CT molecular complexity index is 830. The molecule has 23 heavy (non-hydrogen) atoms. The summed E-state index contributed by atoms with van der Waals surface area (Å²) in [6.45, 7) is 4.01. The monoisotopic (exact) mass is 304 g/mol. The van der Waals surface area contributed by atoms with Crippen molar-refractivity contribution in [2.45, 2.75) is 20.3 Å². The molecule has 116 valence electrons. The van der Waals surface area contributed by atoms with Crippen LogP contribution in [0.3, 0.4) is 0 Å². The van der Waals surface area contributed by atoms with Gasteiger partial charge in [-0.15, -0.1) is 0 Å². The average molecular weight is 304 g/mol. The summed E-state index contributed by atoms with van der Waals surface area (Å²) >= 11 is 0. The van der Waals surface area contributed by atoms with Gasteiger partial charge in [0, 0.05) is 36.6 Å². The van der Waals surface area contributed by atoms with Crippen LogP contribution in [0.1, 0.15) is 38.6 Å². The van der Waals surface area contributed by atoms with Crippen molar-refractivity contribution in [1.29, 1.82) is 0 Å². The van der Waals surface area contributed by atoms with E-state index in [2.05, 4.69) is 11.1 Å². The molecule has 0 fully saturated rings. The first-order valence-electron chi connectivity index (χ1n) is 7.72. The van der Waals surface area contributed by atoms with Crippen molar-refractivity contribution in [2.24, 2.45) is 7.05 Å². The molecule has 0 atom stereocenters. The normalized spacial score (nSPS) is 10.7. The average Bonchev–Trinajstić information content (AvgIpc) is 2.82. The number of pyridine rings is 1. The highest BCUT2D eigenvalue weighted by Gasteiger charge is 2.18. The van der Waals surface area contributed by atoms with Crippen molar-refractivity contribution in [1.82, 2.24) is 9.55 Å². The second-order valence-electron chi connectivity index (χ2n) is 5.92. The SMILES string of the molecule is Cc1ccc(C(=O)c2c(C)cc(Cc3ccccn3)n2C)cc1. The van der Waals surface area contributed by atoms with Crippen LogP contribution in [-0.4, -0.2) is 15.3 Å². The van der Waals surface area contributed by atoms with E-state index in [0.717, 1.165) is 40.2 Å². The molecule has 3 heteroatoms. The van der Waals surface area contributed by atoms with E-state index in [4.69, 9.17) is 0 Å². The van der Waals surface area contributed by atoms with E-state index in [-0.39, 0.29) is 5.78 Å². The number of carbonyl (C=O) groups excluding carboxylic acids is 1. The van der Waals surface area contributed by atoms with Crippen LogP contribution in [0.4, 0.5) is 0 Å². The number of nitrogens with zero attached hydrogens (tertiary/aromatic N) is 2. The maximum absolute atomic E-state index is 12.8. The molecule has 0 spiro atoms. The van der Waals surface area contributed by atoms with Gasteiger partial charge in [0.1, 0.15) is 0 Å². The van der Waals surface area contributed by atoms with Crippen molar-refractivity contribution in [3.8, 4) is 0 Å². The van der Waals surface area contributed by atoms with Gasteiger partial charge in [-0.1, -0.05) is 35.9 Å². The first-order chi connectivity index (χ1) is 11.1. The highest BCUT2D eigenvalue weighted by Crippen LogP contribution is 2.20. The Morgan fingerprint density at radius 3 is 2.48 bits per heavy atom. The molecule has 0 unspecified atom stereocenters. The van der Waals surface area contributed by atoms with Crippen molar-refractivity contribution < 1.29 is 4.79 Å². The second-order valence-corrected chi connectivity index (χ2v) is 5.92. The number of aryl methyl sites for hydroxylation is 2.